The van der Waals surface area contributed by atoms with Crippen molar-refractivity contribution in [1.29, 1.82) is 0 Å². The number of carbonyl (C=O) groups excluding carboxylic acids is 1. The predicted octanol–water partition coefficient (Wildman–Crippen LogP) is 11.2. The minimum atomic E-state index is -0.250. The number of carbonyl (C=O) groups is 1. The second-order valence-corrected chi connectivity index (χ2v) is 11.5. The number of benzene rings is 1. The first-order valence-electron chi connectivity index (χ1n) is 16.6. The summed E-state index contributed by atoms with van der Waals surface area (Å²) in [5.41, 5.74) is 4.23. The van der Waals surface area contributed by atoms with Gasteiger partial charge in [0.15, 0.2) is 0 Å². The van der Waals surface area contributed by atoms with Crippen LogP contribution in [0.4, 0.5) is 10.2 Å². The summed E-state index contributed by atoms with van der Waals surface area (Å²) in [6.07, 6.45) is 14.1. The Morgan fingerprint density at radius 3 is 2.02 bits per heavy atom. The number of aromatic nitrogens is 3. The first kappa shape index (κ1) is 37.3. The summed E-state index contributed by atoms with van der Waals surface area (Å²) in [6.45, 7) is 18.7. The number of amides is 1. The van der Waals surface area contributed by atoms with E-state index in [1.54, 1.807) is 6.20 Å². The van der Waals surface area contributed by atoms with Gasteiger partial charge in [0.2, 0.25) is 5.91 Å². The van der Waals surface area contributed by atoms with Crippen LogP contribution in [0, 0.1) is 5.92 Å². The first-order valence-corrected chi connectivity index (χ1v) is 16.6. The number of nitrogens with one attached hydrogen (secondary N) is 1. The molecule has 0 radical (unpaired) electrons. The van der Waals surface area contributed by atoms with Gasteiger partial charge in [-0.1, -0.05) is 119 Å². The van der Waals surface area contributed by atoms with E-state index >= 15 is 0 Å². The quantitative estimate of drug-likeness (QED) is 0.242. The van der Waals surface area contributed by atoms with Crippen LogP contribution in [0.15, 0.2) is 36.5 Å². The Morgan fingerprint density at radius 2 is 1.55 bits per heavy atom. The van der Waals surface area contributed by atoms with Gasteiger partial charge < -0.3 is 5.32 Å². The largest absolute Gasteiger partial charge is 0.310 e. The van der Waals surface area contributed by atoms with E-state index in [-0.39, 0.29) is 24.4 Å². The summed E-state index contributed by atoms with van der Waals surface area (Å²) in [5.74, 6) is 1.46. The second kappa shape index (κ2) is 21.0. The second-order valence-electron chi connectivity index (χ2n) is 11.5. The van der Waals surface area contributed by atoms with E-state index in [1.165, 1.54) is 50.8 Å². The Morgan fingerprint density at radius 1 is 0.952 bits per heavy atom. The lowest BCUT2D eigenvalue weighted by molar-refractivity contribution is -0.122. The van der Waals surface area contributed by atoms with Gasteiger partial charge >= 0.3 is 0 Å². The summed E-state index contributed by atoms with van der Waals surface area (Å²) < 4.78 is 12.3. The summed E-state index contributed by atoms with van der Waals surface area (Å²) >= 11 is 0. The third-order valence-corrected chi connectivity index (χ3v) is 7.64. The molecule has 4 rings (SSSR count). The van der Waals surface area contributed by atoms with Gasteiger partial charge in [-0.2, -0.15) is 5.10 Å². The molecule has 1 unspecified atom stereocenters. The van der Waals surface area contributed by atoms with E-state index in [0.717, 1.165) is 48.1 Å². The zero-order chi connectivity index (χ0) is 31.5. The van der Waals surface area contributed by atoms with Gasteiger partial charge in [0, 0.05) is 29.0 Å². The molecule has 1 aromatic carbocycles. The highest BCUT2D eigenvalue weighted by molar-refractivity contribution is 5.93. The summed E-state index contributed by atoms with van der Waals surface area (Å²) in [5, 5.41) is 9.32. The Hall–Kier alpha value is -2.76. The van der Waals surface area contributed by atoms with Gasteiger partial charge in [-0.15, -0.1) is 0 Å². The van der Waals surface area contributed by atoms with E-state index in [0.29, 0.717) is 11.7 Å². The van der Waals surface area contributed by atoms with Crippen LogP contribution < -0.4 is 5.32 Å². The minimum absolute atomic E-state index is 0.0911. The topological polar surface area (TPSA) is 59.8 Å². The van der Waals surface area contributed by atoms with Crippen molar-refractivity contribution in [3.8, 4) is 5.69 Å². The van der Waals surface area contributed by atoms with Crippen molar-refractivity contribution >= 4 is 22.6 Å². The monoisotopic (exact) mass is 582 g/mol. The predicted molar refractivity (Wildman–Crippen MR) is 180 cm³/mol. The number of unbranched alkanes of at least 4 members (excludes halogenated alkanes) is 4. The molecule has 1 aliphatic carbocycles. The fraction of sp³-hybridized carbons (Fsp3) is 0.639. The Bertz CT molecular complexity index is 1150. The maximum absolute atomic E-state index is 12.6. The number of pyridine rings is 1. The average Bonchev–Trinajstić information content (AvgIpc) is 3.35. The van der Waals surface area contributed by atoms with Crippen LogP contribution in [-0.2, 0) is 4.79 Å². The molecule has 2 aromatic heterocycles. The molecule has 5 nitrogen and oxygen atoms in total. The van der Waals surface area contributed by atoms with Gasteiger partial charge in [0.05, 0.1) is 23.6 Å². The molecule has 1 saturated carbocycles. The first-order chi connectivity index (χ1) is 20.2. The number of halogens is 1. The normalized spacial score (nSPS) is 13.1. The summed E-state index contributed by atoms with van der Waals surface area (Å²) in [4.78, 5) is 17.1. The SMILES string of the molecule is CCC(C)c1nn(-c2ccnc(NC(=O)C3CCC3)c2C(C)C)c2ccccc12.CCCC.CCCCCC.CCF. The Kier molecular flexibility index (Phi) is 18.6. The van der Waals surface area contributed by atoms with Crippen molar-refractivity contribution in [1.82, 2.24) is 14.8 Å². The fourth-order valence-electron chi connectivity index (χ4n) is 4.54. The Labute approximate surface area is 256 Å². The lowest BCUT2D eigenvalue weighted by atomic mass is 9.85. The van der Waals surface area contributed by atoms with E-state index in [9.17, 15) is 9.18 Å². The molecule has 0 saturated heterocycles. The summed E-state index contributed by atoms with van der Waals surface area (Å²) in [6, 6.07) is 10.4. The van der Waals surface area contributed by atoms with Crippen molar-refractivity contribution in [3.63, 3.8) is 0 Å². The molecule has 3 aromatic rings. The van der Waals surface area contributed by atoms with Crippen molar-refractivity contribution in [2.24, 2.45) is 5.92 Å². The molecule has 0 bridgehead atoms. The lowest BCUT2D eigenvalue weighted by Crippen LogP contribution is -2.29. The molecule has 236 valence electrons. The van der Waals surface area contributed by atoms with Crippen molar-refractivity contribution in [2.75, 3.05) is 12.0 Å². The van der Waals surface area contributed by atoms with Gasteiger partial charge in [-0.3, -0.25) is 9.18 Å². The lowest BCUT2D eigenvalue weighted by Gasteiger charge is -2.25. The van der Waals surface area contributed by atoms with Crippen LogP contribution in [0.5, 0.6) is 0 Å². The van der Waals surface area contributed by atoms with Gasteiger partial charge in [-0.25, -0.2) is 9.67 Å². The number of hydrogen-bond acceptors (Lipinski definition) is 3. The maximum atomic E-state index is 12.6. The van der Waals surface area contributed by atoms with Crippen molar-refractivity contribution in [2.45, 2.75) is 138 Å². The summed E-state index contributed by atoms with van der Waals surface area (Å²) in [7, 11) is 0. The molecule has 1 fully saturated rings. The molecular formula is C36H59FN4O. The third kappa shape index (κ3) is 11.1. The van der Waals surface area contributed by atoms with Crippen LogP contribution in [-0.4, -0.2) is 27.3 Å². The fourth-order valence-corrected chi connectivity index (χ4v) is 4.54. The number of fused-ring (bicyclic) bond motifs is 1. The van der Waals surface area contributed by atoms with Gasteiger partial charge in [0.1, 0.15) is 5.82 Å². The van der Waals surface area contributed by atoms with E-state index < -0.39 is 0 Å². The minimum Gasteiger partial charge on any atom is -0.310 e. The average molecular weight is 583 g/mol. The number of alkyl halides is 1. The third-order valence-electron chi connectivity index (χ3n) is 7.64. The zero-order valence-electron chi connectivity index (χ0n) is 28.1. The van der Waals surface area contributed by atoms with Crippen LogP contribution in [0.2, 0.25) is 0 Å². The number of hydrogen-bond donors (Lipinski definition) is 1. The molecule has 0 spiro atoms. The number of rotatable bonds is 10. The molecule has 2 heterocycles. The molecule has 1 aliphatic rings. The van der Waals surface area contributed by atoms with Crippen LogP contribution in [0.25, 0.3) is 16.6 Å². The van der Waals surface area contributed by atoms with Crippen LogP contribution in [0.1, 0.15) is 150 Å². The smallest absolute Gasteiger partial charge is 0.228 e. The molecule has 6 heteroatoms. The maximum Gasteiger partial charge on any atom is 0.228 e. The van der Waals surface area contributed by atoms with Crippen molar-refractivity contribution < 1.29 is 9.18 Å². The highest BCUT2D eigenvalue weighted by Crippen LogP contribution is 2.35. The van der Waals surface area contributed by atoms with Gasteiger partial charge in [-0.05, 0) is 44.2 Å². The van der Waals surface area contributed by atoms with Crippen LogP contribution in [0.3, 0.4) is 0 Å². The highest BCUT2D eigenvalue weighted by atomic mass is 19.1. The zero-order valence-corrected chi connectivity index (χ0v) is 28.1. The molecule has 0 aliphatic heterocycles. The van der Waals surface area contributed by atoms with E-state index in [1.807, 2.05) is 10.7 Å². The standard InChI is InChI=1S/C24H30N4O.C6H14.C4H10.C2H5F/c1-5-16(4)22-18-11-6-7-12-19(18)28(27-22)20-13-14-25-23(21(20)15(2)3)26-24(29)17-9-8-10-17;1-3-5-6-4-2;1-3-4-2;1-2-3/h6-7,11-17H,5,8-10H2,1-4H3,(H,25,26,29);3-6H2,1-2H3;3-4H2,1-2H3;2H2,1H3. The van der Waals surface area contributed by atoms with E-state index in [2.05, 4.69) is 90.0 Å². The molecular weight excluding hydrogens is 523 g/mol. The van der Waals surface area contributed by atoms with Crippen molar-refractivity contribution in [3.05, 3.63) is 47.8 Å². The molecule has 42 heavy (non-hydrogen) atoms. The molecule has 1 atom stereocenters. The number of para-hydroxylation sites is 1. The number of anilines is 1. The van der Waals surface area contributed by atoms with Gasteiger partial charge in [0.25, 0.3) is 0 Å². The molecule has 1 amide bonds. The highest BCUT2D eigenvalue weighted by Gasteiger charge is 2.27. The van der Waals surface area contributed by atoms with Crippen LogP contribution >= 0.6 is 0 Å². The number of nitrogens with zero attached hydrogens (tertiary/aromatic N) is 3. The molecule has 1 N–H and O–H groups in total. The Balaban J connectivity index is 0.000000573. The van der Waals surface area contributed by atoms with E-state index in [4.69, 9.17) is 5.10 Å².